The van der Waals surface area contributed by atoms with E-state index < -0.39 is 20.6 Å². The molecule has 0 aliphatic carbocycles. The van der Waals surface area contributed by atoms with Crippen LogP contribution in [0, 0.1) is 0 Å². The zero-order valence-electron chi connectivity index (χ0n) is 12.3. The van der Waals surface area contributed by atoms with Crippen LogP contribution < -0.4 is 5.32 Å². The predicted octanol–water partition coefficient (Wildman–Crippen LogP) is 2.44. The van der Waals surface area contributed by atoms with Crippen LogP contribution >= 0.6 is 0 Å². The molecular weight excluding hydrogens is 294 g/mol. The predicted molar refractivity (Wildman–Crippen MR) is 85.4 cm³/mol. The fraction of sp³-hybridized carbons (Fsp3) is 0.571. The van der Waals surface area contributed by atoms with Crippen molar-refractivity contribution in [3.8, 4) is 0 Å². The summed E-state index contributed by atoms with van der Waals surface area (Å²) in [7, 11) is -4.07. The Kier molecular flexibility index (Phi) is 6.68. The van der Waals surface area contributed by atoms with E-state index in [9.17, 15) is 12.6 Å². The Balaban J connectivity index is 2.88. The van der Waals surface area contributed by atoms with E-state index in [-0.39, 0.29) is 11.8 Å². The molecule has 1 rings (SSSR count). The number of rotatable bonds is 8. The van der Waals surface area contributed by atoms with Crippen LogP contribution in [0.15, 0.2) is 29.2 Å². The van der Waals surface area contributed by atoms with Gasteiger partial charge in [-0.05, 0) is 31.9 Å². The fourth-order valence-electron chi connectivity index (χ4n) is 1.92. The summed E-state index contributed by atoms with van der Waals surface area (Å²) in [6.45, 7) is 3.82. The number of sulfone groups is 1. The lowest BCUT2D eigenvalue weighted by atomic mass is 10.2. The summed E-state index contributed by atoms with van der Waals surface area (Å²) in [6, 6.07) is 7.05. The number of hydrogen-bond donors (Lipinski definition) is 1. The summed E-state index contributed by atoms with van der Waals surface area (Å²) in [5.41, 5.74) is 0.635. The molecule has 0 spiro atoms. The smallest absolute Gasteiger partial charge is 0.180 e. The van der Waals surface area contributed by atoms with Gasteiger partial charge in [-0.1, -0.05) is 19.1 Å². The molecule has 0 radical (unpaired) electrons. The molecule has 1 aromatic carbocycles. The van der Waals surface area contributed by atoms with Crippen molar-refractivity contribution in [2.75, 3.05) is 23.1 Å². The molecule has 2 unspecified atom stereocenters. The van der Waals surface area contributed by atoms with E-state index in [1.807, 2.05) is 19.9 Å². The third kappa shape index (κ3) is 5.25. The minimum Gasteiger partial charge on any atom is -0.382 e. The zero-order valence-corrected chi connectivity index (χ0v) is 13.9. The van der Waals surface area contributed by atoms with Gasteiger partial charge in [0.25, 0.3) is 0 Å². The normalized spacial score (nSPS) is 14.8. The Labute approximate surface area is 124 Å². The average molecular weight is 317 g/mol. The fourth-order valence-corrected chi connectivity index (χ4v) is 4.11. The van der Waals surface area contributed by atoms with Crippen molar-refractivity contribution in [2.45, 2.75) is 37.6 Å². The highest BCUT2D eigenvalue weighted by Crippen LogP contribution is 2.23. The topological polar surface area (TPSA) is 63.2 Å². The van der Waals surface area contributed by atoms with Gasteiger partial charge < -0.3 is 5.32 Å². The van der Waals surface area contributed by atoms with Crippen LogP contribution in [0.25, 0.3) is 0 Å². The van der Waals surface area contributed by atoms with Gasteiger partial charge in [0.05, 0.1) is 16.3 Å². The molecular formula is C14H23NO3S2. The maximum atomic E-state index is 12.2. The van der Waals surface area contributed by atoms with Crippen LogP contribution in [0.3, 0.4) is 0 Å². The maximum absolute atomic E-state index is 12.2. The molecule has 0 aromatic heterocycles. The Morgan fingerprint density at radius 2 is 1.95 bits per heavy atom. The second kappa shape index (κ2) is 7.78. The molecule has 2 atom stereocenters. The zero-order chi connectivity index (χ0) is 15.2. The molecule has 1 aromatic rings. The number of para-hydroxylation sites is 1. The summed E-state index contributed by atoms with van der Waals surface area (Å²) >= 11 is 0. The number of hydrogen-bond acceptors (Lipinski definition) is 4. The maximum Gasteiger partial charge on any atom is 0.180 e. The molecule has 0 aliphatic heterocycles. The number of benzene rings is 1. The first-order valence-electron chi connectivity index (χ1n) is 6.75. The molecule has 4 nitrogen and oxygen atoms in total. The van der Waals surface area contributed by atoms with Crippen molar-refractivity contribution >= 4 is 26.3 Å². The first-order chi connectivity index (χ1) is 9.36. The van der Waals surface area contributed by atoms with E-state index in [1.165, 1.54) is 0 Å². The molecule has 0 saturated heterocycles. The van der Waals surface area contributed by atoms with Crippen molar-refractivity contribution in [1.82, 2.24) is 0 Å². The summed E-state index contributed by atoms with van der Waals surface area (Å²) < 4.78 is 35.5. The Morgan fingerprint density at radius 1 is 1.30 bits per heavy atom. The van der Waals surface area contributed by atoms with Gasteiger partial charge in [0.2, 0.25) is 0 Å². The highest BCUT2D eigenvalue weighted by Gasteiger charge is 2.18. The summed E-state index contributed by atoms with van der Waals surface area (Å²) in [4.78, 5) is 0.353. The van der Waals surface area contributed by atoms with Crippen molar-refractivity contribution in [3.05, 3.63) is 24.3 Å². The summed E-state index contributed by atoms with van der Waals surface area (Å²) in [5.74, 6) is 0.761. The molecule has 6 heteroatoms. The monoisotopic (exact) mass is 317 g/mol. The summed E-state index contributed by atoms with van der Waals surface area (Å²) in [6.07, 6.45) is 3.01. The van der Waals surface area contributed by atoms with Gasteiger partial charge in [0.1, 0.15) is 0 Å². The number of nitrogens with one attached hydrogen (secondary N) is 1. The molecule has 0 bridgehead atoms. The molecule has 20 heavy (non-hydrogen) atoms. The van der Waals surface area contributed by atoms with Crippen LogP contribution in [0.1, 0.15) is 26.7 Å². The molecule has 0 heterocycles. The quantitative estimate of drug-likeness (QED) is 0.800. The highest BCUT2D eigenvalue weighted by atomic mass is 32.2. The van der Waals surface area contributed by atoms with Gasteiger partial charge in [-0.15, -0.1) is 0 Å². The second-order valence-electron chi connectivity index (χ2n) is 4.93. The lowest BCUT2D eigenvalue weighted by Crippen LogP contribution is -2.20. The van der Waals surface area contributed by atoms with Gasteiger partial charge in [0.15, 0.2) is 9.84 Å². The van der Waals surface area contributed by atoms with Crippen LogP contribution in [-0.2, 0) is 20.6 Å². The van der Waals surface area contributed by atoms with E-state index in [2.05, 4.69) is 5.32 Å². The van der Waals surface area contributed by atoms with E-state index in [1.54, 1.807) is 24.5 Å². The minimum absolute atomic E-state index is 0.0804. The molecule has 114 valence electrons. The largest absolute Gasteiger partial charge is 0.382 e. The van der Waals surface area contributed by atoms with Crippen LogP contribution in [0.5, 0.6) is 0 Å². The SMILES string of the molecule is CCCS(=O)(=O)c1ccccc1NC(C)CCS(C)=O. The van der Waals surface area contributed by atoms with E-state index in [0.29, 0.717) is 22.8 Å². The van der Waals surface area contributed by atoms with Crippen LogP contribution in [0.2, 0.25) is 0 Å². The molecule has 0 saturated carbocycles. The lowest BCUT2D eigenvalue weighted by Gasteiger charge is -2.17. The van der Waals surface area contributed by atoms with Crippen molar-refractivity contribution < 1.29 is 12.6 Å². The van der Waals surface area contributed by atoms with E-state index >= 15 is 0 Å². The first kappa shape index (κ1) is 17.2. The van der Waals surface area contributed by atoms with E-state index in [4.69, 9.17) is 0 Å². The standard InChI is InChI=1S/C14H23NO3S2/c1-4-11-20(17,18)14-8-6-5-7-13(14)15-12(2)9-10-19(3)16/h5-8,12,15H,4,9-11H2,1-3H3. The third-order valence-electron chi connectivity index (χ3n) is 2.94. The van der Waals surface area contributed by atoms with Gasteiger partial charge in [-0.3, -0.25) is 4.21 Å². The van der Waals surface area contributed by atoms with Crippen molar-refractivity contribution in [3.63, 3.8) is 0 Å². The van der Waals surface area contributed by atoms with Crippen LogP contribution in [0.4, 0.5) is 5.69 Å². The van der Waals surface area contributed by atoms with Crippen molar-refractivity contribution in [1.29, 1.82) is 0 Å². The molecule has 1 N–H and O–H groups in total. The minimum atomic E-state index is -3.24. The Bertz CT molecular complexity index is 555. The van der Waals surface area contributed by atoms with Gasteiger partial charge in [-0.2, -0.15) is 0 Å². The Morgan fingerprint density at radius 3 is 2.55 bits per heavy atom. The average Bonchev–Trinajstić information content (AvgIpc) is 2.37. The van der Waals surface area contributed by atoms with Gasteiger partial charge in [-0.25, -0.2) is 8.42 Å². The van der Waals surface area contributed by atoms with Gasteiger partial charge in [0, 0.05) is 28.9 Å². The Hall–Kier alpha value is -0.880. The second-order valence-corrected chi connectivity index (χ2v) is 8.56. The number of anilines is 1. The third-order valence-corrected chi connectivity index (χ3v) is 5.72. The van der Waals surface area contributed by atoms with Gasteiger partial charge >= 0.3 is 0 Å². The van der Waals surface area contributed by atoms with Crippen LogP contribution in [-0.4, -0.2) is 36.4 Å². The lowest BCUT2D eigenvalue weighted by molar-refractivity contribution is 0.594. The summed E-state index contributed by atoms with van der Waals surface area (Å²) in [5, 5.41) is 3.22. The molecule has 0 amide bonds. The van der Waals surface area contributed by atoms with E-state index in [0.717, 1.165) is 6.42 Å². The molecule has 0 fully saturated rings. The molecule has 0 aliphatic rings. The first-order valence-corrected chi connectivity index (χ1v) is 10.1. The van der Waals surface area contributed by atoms with Crippen molar-refractivity contribution in [2.24, 2.45) is 0 Å². The highest BCUT2D eigenvalue weighted by molar-refractivity contribution is 7.91.